The number of hydrogen-bond acceptors (Lipinski definition) is 3. The topological polar surface area (TPSA) is 65.6 Å². The van der Waals surface area contributed by atoms with Crippen LogP contribution in [0.4, 0.5) is 4.39 Å². The Morgan fingerprint density at radius 2 is 2.00 bits per heavy atom. The highest BCUT2D eigenvalue weighted by Crippen LogP contribution is 2.55. The Morgan fingerprint density at radius 1 is 1.25 bits per heavy atom. The number of likely N-dealkylation sites (tertiary alicyclic amines) is 1. The second-order valence-corrected chi connectivity index (χ2v) is 9.51. The van der Waals surface area contributed by atoms with E-state index < -0.39 is 12.1 Å². The standard InChI is InChI=1S/C26H29FN2O3/c1-16-11-23(32-2)21(20-7-9-28-24(16)20)15-29-10-8-26(12-19(27)13-26)14-22(29)17-3-5-18(6-4-17)25(30)31/h3-7,9,11,19,22,28H,8,10,12-15H2,1-2H3,(H,30,31)/t19-,22-,26-/m1/s1. The molecule has 1 aliphatic carbocycles. The summed E-state index contributed by atoms with van der Waals surface area (Å²) in [5.41, 5.74) is 4.85. The second-order valence-electron chi connectivity index (χ2n) is 9.51. The van der Waals surface area contributed by atoms with E-state index in [-0.39, 0.29) is 17.0 Å². The van der Waals surface area contributed by atoms with Gasteiger partial charge < -0.3 is 14.8 Å². The maximum Gasteiger partial charge on any atom is 0.335 e. The monoisotopic (exact) mass is 436 g/mol. The summed E-state index contributed by atoms with van der Waals surface area (Å²) in [5.74, 6) is -0.0469. The van der Waals surface area contributed by atoms with Crippen LogP contribution in [-0.2, 0) is 6.54 Å². The highest BCUT2D eigenvalue weighted by Gasteiger charge is 2.49. The molecule has 1 saturated carbocycles. The Morgan fingerprint density at radius 3 is 2.66 bits per heavy atom. The molecule has 2 fully saturated rings. The van der Waals surface area contributed by atoms with Crippen LogP contribution >= 0.6 is 0 Å². The molecule has 3 aromatic rings. The van der Waals surface area contributed by atoms with E-state index in [1.807, 2.05) is 18.3 Å². The van der Waals surface area contributed by atoms with Gasteiger partial charge in [-0.1, -0.05) is 12.1 Å². The molecule has 1 aromatic heterocycles. The van der Waals surface area contributed by atoms with Crippen molar-refractivity contribution in [3.8, 4) is 5.75 Å². The number of carbonyl (C=O) groups is 1. The van der Waals surface area contributed by atoms with Crippen molar-refractivity contribution in [1.82, 2.24) is 9.88 Å². The van der Waals surface area contributed by atoms with Gasteiger partial charge >= 0.3 is 5.97 Å². The van der Waals surface area contributed by atoms with E-state index in [2.05, 4.69) is 28.9 Å². The van der Waals surface area contributed by atoms with Crippen LogP contribution in [0.15, 0.2) is 42.6 Å². The number of benzene rings is 2. The van der Waals surface area contributed by atoms with Gasteiger partial charge in [0.25, 0.3) is 0 Å². The molecule has 6 heteroatoms. The van der Waals surface area contributed by atoms with Crippen LogP contribution in [0, 0.1) is 12.3 Å². The van der Waals surface area contributed by atoms with Gasteiger partial charge in [0.1, 0.15) is 11.9 Å². The zero-order valence-electron chi connectivity index (χ0n) is 18.5. The highest BCUT2D eigenvalue weighted by molar-refractivity contribution is 5.88. The number of carboxylic acids is 1. The number of nitrogens with zero attached hydrogens (tertiary/aromatic N) is 1. The van der Waals surface area contributed by atoms with Crippen LogP contribution < -0.4 is 4.74 Å². The molecule has 0 unspecified atom stereocenters. The van der Waals surface area contributed by atoms with Crippen molar-refractivity contribution in [2.75, 3.05) is 13.7 Å². The number of carboxylic acid groups (broad SMARTS) is 1. The van der Waals surface area contributed by atoms with E-state index >= 15 is 0 Å². The maximum absolute atomic E-state index is 13.8. The zero-order valence-corrected chi connectivity index (χ0v) is 18.5. The van der Waals surface area contributed by atoms with Crippen LogP contribution in [-0.4, -0.2) is 40.8 Å². The van der Waals surface area contributed by atoms with Gasteiger partial charge in [-0.25, -0.2) is 9.18 Å². The van der Waals surface area contributed by atoms with Gasteiger partial charge in [-0.3, -0.25) is 4.90 Å². The molecular formula is C26H29FN2O3. The molecule has 1 atom stereocenters. The van der Waals surface area contributed by atoms with Gasteiger partial charge in [-0.05, 0) is 80.0 Å². The Balaban J connectivity index is 1.50. The minimum absolute atomic E-state index is 0.0623. The van der Waals surface area contributed by atoms with Crippen molar-refractivity contribution < 1.29 is 19.0 Å². The molecule has 2 heterocycles. The summed E-state index contributed by atoms with van der Waals surface area (Å²) >= 11 is 0. The largest absolute Gasteiger partial charge is 0.496 e. The van der Waals surface area contributed by atoms with Gasteiger partial charge in [0.15, 0.2) is 0 Å². The first-order chi connectivity index (χ1) is 15.4. The lowest BCUT2D eigenvalue weighted by Crippen LogP contribution is -2.49. The first-order valence-electron chi connectivity index (χ1n) is 11.2. The third kappa shape index (κ3) is 3.56. The smallest absolute Gasteiger partial charge is 0.335 e. The minimum Gasteiger partial charge on any atom is -0.496 e. The lowest BCUT2D eigenvalue weighted by molar-refractivity contribution is -0.0560. The molecule has 32 heavy (non-hydrogen) atoms. The maximum atomic E-state index is 13.8. The van der Waals surface area contributed by atoms with Crippen molar-refractivity contribution >= 4 is 16.9 Å². The van der Waals surface area contributed by atoms with Crippen molar-refractivity contribution in [3.05, 3.63) is 64.8 Å². The summed E-state index contributed by atoms with van der Waals surface area (Å²) in [6, 6.07) is 11.5. The minimum atomic E-state index is -0.924. The fourth-order valence-corrected chi connectivity index (χ4v) is 5.78. The second kappa shape index (κ2) is 7.93. The number of aromatic carboxylic acids is 1. The normalized spacial score (nSPS) is 25.7. The number of aryl methyl sites for hydroxylation is 1. The first-order valence-corrected chi connectivity index (χ1v) is 11.2. The molecule has 5 rings (SSSR count). The van der Waals surface area contributed by atoms with E-state index in [0.717, 1.165) is 59.3 Å². The molecule has 0 bridgehead atoms. The summed E-state index contributed by atoms with van der Waals surface area (Å²) in [4.78, 5) is 17.1. The van der Waals surface area contributed by atoms with Crippen LogP contribution in [0.3, 0.4) is 0 Å². The summed E-state index contributed by atoms with van der Waals surface area (Å²) in [6.45, 7) is 3.67. The lowest BCUT2D eigenvalue weighted by atomic mass is 9.60. The molecule has 1 aliphatic heterocycles. The van der Waals surface area contributed by atoms with Crippen LogP contribution in [0.25, 0.3) is 10.9 Å². The van der Waals surface area contributed by atoms with Gasteiger partial charge in [-0.2, -0.15) is 0 Å². The van der Waals surface area contributed by atoms with E-state index in [4.69, 9.17) is 4.74 Å². The lowest BCUT2D eigenvalue weighted by Gasteiger charge is -2.53. The number of aromatic amines is 1. The van der Waals surface area contributed by atoms with Crippen LogP contribution in [0.1, 0.15) is 58.8 Å². The number of ether oxygens (including phenoxy) is 1. The highest BCUT2D eigenvalue weighted by atomic mass is 19.1. The third-order valence-corrected chi connectivity index (χ3v) is 7.54. The summed E-state index contributed by atoms with van der Waals surface area (Å²) in [6.07, 6.45) is 4.43. The van der Waals surface area contributed by atoms with E-state index in [1.165, 1.54) is 0 Å². The number of piperidine rings is 1. The van der Waals surface area contributed by atoms with Crippen molar-refractivity contribution in [1.29, 1.82) is 0 Å². The molecule has 2 aliphatic rings. The predicted octanol–water partition coefficient (Wildman–Crippen LogP) is 5.64. The number of aromatic nitrogens is 1. The number of fused-ring (bicyclic) bond motifs is 1. The van der Waals surface area contributed by atoms with Gasteiger partial charge in [0.2, 0.25) is 0 Å². The Labute approximate surface area is 187 Å². The number of halogens is 1. The number of hydrogen-bond donors (Lipinski definition) is 2. The Bertz CT molecular complexity index is 1150. The molecule has 5 nitrogen and oxygen atoms in total. The number of methoxy groups -OCH3 is 1. The van der Waals surface area contributed by atoms with Crippen LogP contribution in [0.2, 0.25) is 0 Å². The molecule has 2 aromatic carbocycles. The average molecular weight is 437 g/mol. The number of rotatable bonds is 5. The van der Waals surface area contributed by atoms with E-state index in [1.54, 1.807) is 19.2 Å². The molecule has 0 radical (unpaired) electrons. The fraction of sp³-hybridized carbons (Fsp3) is 0.423. The number of alkyl halides is 1. The zero-order chi connectivity index (χ0) is 22.5. The van der Waals surface area contributed by atoms with Gasteiger partial charge in [0, 0.05) is 35.2 Å². The van der Waals surface area contributed by atoms with E-state index in [0.29, 0.717) is 12.8 Å². The molecular weight excluding hydrogens is 407 g/mol. The van der Waals surface area contributed by atoms with Gasteiger partial charge in [0.05, 0.1) is 12.7 Å². The molecule has 168 valence electrons. The van der Waals surface area contributed by atoms with Crippen molar-refractivity contribution in [2.45, 2.75) is 51.4 Å². The number of nitrogens with one attached hydrogen (secondary N) is 1. The number of H-pyrrole nitrogens is 1. The van der Waals surface area contributed by atoms with Gasteiger partial charge in [-0.15, -0.1) is 0 Å². The Kier molecular flexibility index (Phi) is 5.20. The summed E-state index contributed by atoms with van der Waals surface area (Å²) < 4.78 is 19.6. The first kappa shape index (κ1) is 21.0. The summed E-state index contributed by atoms with van der Waals surface area (Å²) in [7, 11) is 1.71. The molecule has 2 N–H and O–H groups in total. The Hall–Kier alpha value is -2.86. The van der Waals surface area contributed by atoms with Crippen molar-refractivity contribution in [3.63, 3.8) is 0 Å². The molecule has 1 spiro atoms. The average Bonchev–Trinajstić information content (AvgIpc) is 3.26. The fourth-order valence-electron chi connectivity index (χ4n) is 5.78. The quantitative estimate of drug-likeness (QED) is 0.543. The van der Waals surface area contributed by atoms with Crippen LogP contribution in [0.5, 0.6) is 5.75 Å². The molecule has 0 amide bonds. The molecule has 1 saturated heterocycles. The van der Waals surface area contributed by atoms with Crippen molar-refractivity contribution in [2.24, 2.45) is 5.41 Å². The third-order valence-electron chi connectivity index (χ3n) is 7.54. The SMILES string of the molecule is COc1cc(C)c2[nH]ccc2c1CN1CC[C@]2(C[C@@H]1c1ccc(C(=O)O)cc1)C[C@H](F)C2. The van der Waals surface area contributed by atoms with E-state index in [9.17, 15) is 14.3 Å². The summed E-state index contributed by atoms with van der Waals surface area (Å²) in [5, 5.41) is 10.4. The predicted molar refractivity (Wildman–Crippen MR) is 122 cm³/mol.